The summed E-state index contributed by atoms with van der Waals surface area (Å²) in [6.45, 7) is 5.53. The molecule has 2 saturated heterocycles. The molecule has 0 aromatic heterocycles. The maximum absolute atomic E-state index is 13.1. The second kappa shape index (κ2) is 8.78. The van der Waals surface area contributed by atoms with Gasteiger partial charge in [0.25, 0.3) is 0 Å². The minimum atomic E-state index is -0.254. The molecule has 2 aliphatic heterocycles. The number of amides is 2. The Kier molecular flexibility index (Phi) is 5.93. The molecule has 6 nitrogen and oxygen atoms in total. The molecule has 0 saturated carbocycles. The van der Waals surface area contributed by atoms with Gasteiger partial charge < -0.3 is 19.4 Å². The summed E-state index contributed by atoms with van der Waals surface area (Å²) in [5, 5.41) is 0. The van der Waals surface area contributed by atoms with Gasteiger partial charge in [0.15, 0.2) is 0 Å². The average Bonchev–Trinajstić information content (AvgIpc) is 3.20. The summed E-state index contributed by atoms with van der Waals surface area (Å²) in [5.74, 6) is 0.725. The van der Waals surface area contributed by atoms with Gasteiger partial charge in [-0.25, -0.2) is 0 Å². The third-order valence-electron chi connectivity index (χ3n) is 6.16. The van der Waals surface area contributed by atoms with E-state index in [9.17, 15) is 9.59 Å². The molecule has 2 aromatic carbocycles. The number of hydrogen-bond acceptors (Lipinski definition) is 4. The first-order valence-corrected chi connectivity index (χ1v) is 10.7. The van der Waals surface area contributed by atoms with Gasteiger partial charge >= 0.3 is 0 Å². The normalized spacial score (nSPS) is 19.3. The van der Waals surface area contributed by atoms with Crippen LogP contribution in [0.15, 0.2) is 48.5 Å². The Morgan fingerprint density at radius 2 is 1.60 bits per heavy atom. The maximum atomic E-state index is 13.1. The van der Waals surface area contributed by atoms with E-state index in [0.717, 1.165) is 36.6 Å². The van der Waals surface area contributed by atoms with Gasteiger partial charge in [-0.05, 0) is 48.4 Å². The van der Waals surface area contributed by atoms with Crippen molar-refractivity contribution in [2.75, 3.05) is 49.6 Å². The number of ether oxygens (including phenoxy) is 1. The molecule has 6 heteroatoms. The monoisotopic (exact) mass is 407 g/mol. The largest absolute Gasteiger partial charge is 0.497 e. The van der Waals surface area contributed by atoms with Crippen molar-refractivity contribution in [3.8, 4) is 5.75 Å². The van der Waals surface area contributed by atoms with Gasteiger partial charge in [0.2, 0.25) is 11.8 Å². The Bertz CT molecular complexity index is 887. The molecule has 1 atom stereocenters. The lowest BCUT2D eigenvalue weighted by Gasteiger charge is -2.37. The molecule has 30 heavy (non-hydrogen) atoms. The predicted octanol–water partition coefficient (Wildman–Crippen LogP) is 2.96. The van der Waals surface area contributed by atoms with Gasteiger partial charge in [0, 0.05) is 50.5 Å². The first kappa shape index (κ1) is 20.3. The molecule has 2 fully saturated rings. The Morgan fingerprint density at radius 1 is 0.967 bits per heavy atom. The fraction of sp³-hybridized carbons (Fsp3) is 0.417. The molecular weight excluding hydrogens is 378 g/mol. The molecule has 0 spiro atoms. The summed E-state index contributed by atoms with van der Waals surface area (Å²) in [4.78, 5) is 31.6. The maximum Gasteiger partial charge on any atom is 0.228 e. The van der Waals surface area contributed by atoms with Crippen molar-refractivity contribution < 1.29 is 14.3 Å². The van der Waals surface area contributed by atoms with Crippen molar-refractivity contribution in [1.29, 1.82) is 0 Å². The lowest BCUT2D eigenvalue weighted by Crippen LogP contribution is -2.50. The molecule has 0 radical (unpaired) electrons. The number of nitrogens with zero attached hydrogens (tertiary/aromatic N) is 3. The first-order valence-electron chi connectivity index (χ1n) is 10.7. The van der Waals surface area contributed by atoms with Gasteiger partial charge in [0.05, 0.1) is 13.0 Å². The number of piperazine rings is 1. The minimum Gasteiger partial charge on any atom is -0.497 e. The van der Waals surface area contributed by atoms with Gasteiger partial charge in [-0.1, -0.05) is 19.1 Å². The van der Waals surface area contributed by atoms with Gasteiger partial charge in [-0.2, -0.15) is 0 Å². The fourth-order valence-electron chi connectivity index (χ4n) is 4.27. The van der Waals surface area contributed by atoms with Crippen LogP contribution in [0.25, 0.3) is 0 Å². The standard InChI is InChI=1S/C24H29N3O3/c1-3-18-4-6-21(7-5-18)27-17-19(16-23(27)28)24(29)26-14-12-25(13-15-26)20-8-10-22(30-2)11-9-20/h4-11,19H,3,12-17H2,1-2H3. The van der Waals surface area contributed by atoms with Crippen LogP contribution < -0.4 is 14.5 Å². The summed E-state index contributed by atoms with van der Waals surface area (Å²) in [7, 11) is 1.66. The number of hydrogen-bond donors (Lipinski definition) is 0. The summed E-state index contributed by atoms with van der Waals surface area (Å²) in [5.41, 5.74) is 3.27. The van der Waals surface area contributed by atoms with Gasteiger partial charge in [-0.15, -0.1) is 0 Å². The Hall–Kier alpha value is -3.02. The lowest BCUT2D eigenvalue weighted by molar-refractivity contribution is -0.136. The summed E-state index contributed by atoms with van der Waals surface area (Å²) in [6.07, 6.45) is 1.27. The quantitative estimate of drug-likeness (QED) is 0.765. The van der Waals surface area contributed by atoms with Crippen LogP contribution in [0.2, 0.25) is 0 Å². The number of carbonyl (C=O) groups is 2. The van der Waals surface area contributed by atoms with Crippen LogP contribution in [0.3, 0.4) is 0 Å². The molecule has 2 aliphatic rings. The third-order valence-corrected chi connectivity index (χ3v) is 6.16. The number of rotatable bonds is 5. The molecule has 1 unspecified atom stereocenters. The molecule has 2 heterocycles. The summed E-state index contributed by atoms with van der Waals surface area (Å²) < 4.78 is 5.22. The fourth-order valence-corrected chi connectivity index (χ4v) is 4.27. The zero-order chi connectivity index (χ0) is 21.1. The van der Waals surface area contributed by atoms with Crippen molar-refractivity contribution in [3.05, 3.63) is 54.1 Å². The summed E-state index contributed by atoms with van der Waals surface area (Å²) in [6, 6.07) is 16.1. The third kappa shape index (κ3) is 4.13. The van der Waals surface area contributed by atoms with Crippen molar-refractivity contribution in [3.63, 3.8) is 0 Å². The highest BCUT2D eigenvalue weighted by Crippen LogP contribution is 2.28. The minimum absolute atomic E-state index is 0.0365. The van der Waals surface area contributed by atoms with Crippen LogP contribution in [0.5, 0.6) is 5.75 Å². The number of methoxy groups -OCH3 is 1. The lowest BCUT2D eigenvalue weighted by atomic mass is 10.1. The molecular formula is C24H29N3O3. The zero-order valence-electron chi connectivity index (χ0n) is 17.7. The predicted molar refractivity (Wildman–Crippen MR) is 118 cm³/mol. The van der Waals surface area contributed by atoms with Crippen LogP contribution in [0.1, 0.15) is 18.9 Å². The van der Waals surface area contributed by atoms with E-state index in [1.54, 1.807) is 12.0 Å². The summed E-state index contributed by atoms with van der Waals surface area (Å²) >= 11 is 0. The van der Waals surface area contributed by atoms with Crippen LogP contribution in [0.4, 0.5) is 11.4 Å². The SMILES string of the molecule is CCc1ccc(N2CC(C(=O)N3CCN(c4ccc(OC)cc4)CC3)CC2=O)cc1. The van der Waals surface area contributed by atoms with E-state index in [2.05, 4.69) is 24.0 Å². The Labute approximate surface area is 178 Å². The molecule has 0 bridgehead atoms. The first-order chi connectivity index (χ1) is 14.6. The molecule has 2 aromatic rings. The van der Waals surface area contributed by atoms with E-state index in [1.807, 2.05) is 41.3 Å². The van der Waals surface area contributed by atoms with Crippen molar-refractivity contribution in [2.45, 2.75) is 19.8 Å². The highest BCUT2D eigenvalue weighted by Gasteiger charge is 2.37. The number of aryl methyl sites for hydroxylation is 1. The van der Waals surface area contributed by atoms with Crippen molar-refractivity contribution in [2.24, 2.45) is 5.92 Å². The molecule has 4 rings (SSSR count). The highest BCUT2D eigenvalue weighted by atomic mass is 16.5. The van der Waals surface area contributed by atoms with E-state index in [-0.39, 0.29) is 17.7 Å². The van der Waals surface area contributed by atoms with E-state index < -0.39 is 0 Å². The van der Waals surface area contributed by atoms with Gasteiger partial charge in [0.1, 0.15) is 5.75 Å². The van der Waals surface area contributed by atoms with E-state index in [0.29, 0.717) is 26.1 Å². The van der Waals surface area contributed by atoms with E-state index in [1.165, 1.54) is 5.56 Å². The second-order valence-electron chi connectivity index (χ2n) is 7.94. The van der Waals surface area contributed by atoms with E-state index >= 15 is 0 Å². The van der Waals surface area contributed by atoms with Crippen molar-refractivity contribution in [1.82, 2.24) is 4.90 Å². The topological polar surface area (TPSA) is 53.1 Å². The van der Waals surface area contributed by atoms with Crippen LogP contribution in [0, 0.1) is 5.92 Å². The second-order valence-corrected chi connectivity index (χ2v) is 7.94. The molecule has 2 amide bonds. The Balaban J connectivity index is 1.34. The Morgan fingerprint density at radius 3 is 2.20 bits per heavy atom. The number of carbonyl (C=O) groups excluding carboxylic acids is 2. The smallest absolute Gasteiger partial charge is 0.228 e. The van der Waals surface area contributed by atoms with Gasteiger partial charge in [-0.3, -0.25) is 9.59 Å². The average molecular weight is 408 g/mol. The van der Waals surface area contributed by atoms with Crippen LogP contribution in [-0.2, 0) is 16.0 Å². The van der Waals surface area contributed by atoms with Crippen LogP contribution >= 0.6 is 0 Å². The highest BCUT2D eigenvalue weighted by molar-refractivity contribution is 6.00. The molecule has 0 N–H and O–H groups in total. The van der Waals surface area contributed by atoms with Crippen LogP contribution in [-0.4, -0.2) is 56.5 Å². The molecule has 158 valence electrons. The number of benzene rings is 2. The molecule has 0 aliphatic carbocycles. The van der Waals surface area contributed by atoms with Crippen molar-refractivity contribution >= 4 is 23.2 Å². The van der Waals surface area contributed by atoms with E-state index in [4.69, 9.17) is 4.74 Å². The zero-order valence-corrected chi connectivity index (χ0v) is 17.7. The number of anilines is 2.